The molecule has 0 amide bonds. The summed E-state index contributed by atoms with van der Waals surface area (Å²) in [6, 6.07) is 20.0. The SMILES string of the molecule is CCN(CC)c1ccc(/C=C/c2cccc[n+]2C)cc1.O.O=S(=O)([O-])c1ccc(Cl)cc1. The van der Waals surface area contributed by atoms with Crippen molar-refractivity contribution in [2.24, 2.45) is 7.05 Å². The Kier molecular flexibility index (Phi) is 11.1. The lowest BCUT2D eigenvalue weighted by Crippen LogP contribution is -2.30. The summed E-state index contributed by atoms with van der Waals surface area (Å²) in [6.07, 6.45) is 6.36. The summed E-state index contributed by atoms with van der Waals surface area (Å²) < 4.78 is 33.1. The van der Waals surface area contributed by atoms with Crippen LogP contribution in [-0.2, 0) is 17.2 Å². The van der Waals surface area contributed by atoms with Crippen molar-refractivity contribution in [1.82, 2.24) is 0 Å². The van der Waals surface area contributed by atoms with Gasteiger partial charge in [-0.2, -0.15) is 0 Å². The number of halogens is 1. The summed E-state index contributed by atoms with van der Waals surface area (Å²) in [4.78, 5) is 2.09. The van der Waals surface area contributed by atoms with Crippen LogP contribution in [0.4, 0.5) is 5.69 Å². The number of pyridine rings is 1. The fourth-order valence-electron chi connectivity index (χ4n) is 2.88. The van der Waals surface area contributed by atoms with Crippen LogP contribution >= 0.6 is 11.6 Å². The maximum absolute atomic E-state index is 10.3. The van der Waals surface area contributed by atoms with E-state index < -0.39 is 10.1 Å². The molecule has 0 aliphatic carbocycles. The van der Waals surface area contributed by atoms with Crippen LogP contribution in [0, 0.1) is 0 Å². The van der Waals surface area contributed by atoms with E-state index in [2.05, 4.69) is 85.1 Å². The topological polar surface area (TPSA) is 95.8 Å². The number of nitrogens with zero attached hydrogens (tertiary/aromatic N) is 2. The normalized spacial score (nSPS) is 10.8. The minimum absolute atomic E-state index is 0. The number of rotatable bonds is 6. The molecule has 0 aliphatic heterocycles. The Balaban J connectivity index is 0.000000364. The van der Waals surface area contributed by atoms with Crippen molar-refractivity contribution in [3.05, 3.63) is 89.2 Å². The number of aromatic nitrogens is 1. The van der Waals surface area contributed by atoms with Crippen LogP contribution in [0.1, 0.15) is 25.1 Å². The van der Waals surface area contributed by atoms with E-state index in [0.717, 1.165) is 13.1 Å². The largest absolute Gasteiger partial charge is 0.744 e. The lowest BCUT2D eigenvalue weighted by molar-refractivity contribution is -0.673. The van der Waals surface area contributed by atoms with E-state index in [1.165, 1.54) is 41.2 Å². The highest BCUT2D eigenvalue weighted by Gasteiger charge is 2.02. The molecule has 0 fully saturated rings. The third kappa shape index (κ3) is 8.43. The second-order valence-corrected chi connectivity index (χ2v) is 8.56. The molecule has 32 heavy (non-hydrogen) atoms. The first-order valence-corrected chi connectivity index (χ1v) is 11.7. The van der Waals surface area contributed by atoms with Crippen molar-refractivity contribution in [3.63, 3.8) is 0 Å². The summed E-state index contributed by atoms with van der Waals surface area (Å²) in [5, 5.41) is 0.400. The van der Waals surface area contributed by atoms with Crippen molar-refractivity contribution >= 4 is 39.6 Å². The van der Waals surface area contributed by atoms with E-state index in [9.17, 15) is 13.0 Å². The van der Waals surface area contributed by atoms with Crippen LogP contribution in [0.25, 0.3) is 12.2 Å². The number of hydrogen-bond acceptors (Lipinski definition) is 4. The standard InChI is InChI=1S/C18H23N2.C6H5ClO3S.H2O/c1-4-20(5-2)18-13-10-16(11-14-18)9-12-17-8-6-7-15-19(17)3;7-5-1-3-6(4-2-5)11(8,9)10;/h6-15H,4-5H2,1-3H3;1-4H,(H,8,9,10);1H2/q+1;;/p-1. The van der Waals surface area contributed by atoms with Gasteiger partial charge in [0.2, 0.25) is 5.69 Å². The van der Waals surface area contributed by atoms with Gasteiger partial charge in [-0.15, -0.1) is 0 Å². The quantitative estimate of drug-likeness (QED) is 0.397. The molecule has 0 aliphatic rings. The molecule has 1 aromatic heterocycles. The van der Waals surface area contributed by atoms with Gasteiger partial charge >= 0.3 is 0 Å². The van der Waals surface area contributed by atoms with Crippen LogP contribution in [0.2, 0.25) is 5.02 Å². The number of anilines is 1. The van der Waals surface area contributed by atoms with Crippen molar-refractivity contribution in [2.45, 2.75) is 18.7 Å². The van der Waals surface area contributed by atoms with E-state index in [-0.39, 0.29) is 10.4 Å². The van der Waals surface area contributed by atoms with Gasteiger partial charge in [0.15, 0.2) is 6.20 Å². The molecule has 0 atom stereocenters. The highest BCUT2D eigenvalue weighted by molar-refractivity contribution is 7.85. The zero-order valence-electron chi connectivity index (χ0n) is 18.4. The average molecular weight is 477 g/mol. The molecule has 0 bridgehead atoms. The summed E-state index contributed by atoms with van der Waals surface area (Å²) in [5.74, 6) is 0. The summed E-state index contributed by atoms with van der Waals surface area (Å²) in [7, 11) is -2.27. The first-order valence-electron chi connectivity index (χ1n) is 9.93. The minimum atomic E-state index is -4.33. The number of benzene rings is 2. The van der Waals surface area contributed by atoms with Gasteiger partial charge in [-0.3, -0.25) is 0 Å². The van der Waals surface area contributed by atoms with Gasteiger partial charge in [-0.05, 0) is 68.0 Å². The van der Waals surface area contributed by atoms with E-state index in [4.69, 9.17) is 11.6 Å². The highest BCUT2D eigenvalue weighted by atomic mass is 35.5. The van der Waals surface area contributed by atoms with Crippen molar-refractivity contribution in [2.75, 3.05) is 18.0 Å². The molecule has 0 saturated heterocycles. The first kappa shape index (κ1) is 27.3. The minimum Gasteiger partial charge on any atom is -0.744 e. The van der Waals surface area contributed by atoms with Gasteiger partial charge in [0.05, 0.1) is 4.90 Å². The first-order chi connectivity index (χ1) is 14.7. The predicted octanol–water partition coefficient (Wildman–Crippen LogP) is 3.95. The molecule has 2 aromatic carbocycles. The highest BCUT2D eigenvalue weighted by Crippen LogP contribution is 2.16. The van der Waals surface area contributed by atoms with Crippen LogP contribution in [0.3, 0.4) is 0 Å². The van der Waals surface area contributed by atoms with Gasteiger partial charge < -0.3 is 14.9 Å². The maximum Gasteiger partial charge on any atom is 0.204 e. The van der Waals surface area contributed by atoms with Gasteiger partial charge in [0.25, 0.3) is 0 Å². The molecule has 1 heterocycles. The van der Waals surface area contributed by atoms with E-state index in [0.29, 0.717) is 5.02 Å². The molecule has 0 saturated carbocycles. The van der Waals surface area contributed by atoms with E-state index >= 15 is 0 Å². The molecule has 2 N–H and O–H groups in total. The van der Waals surface area contributed by atoms with Crippen molar-refractivity contribution in [3.8, 4) is 0 Å². The third-order valence-corrected chi connectivity index (χ3v) is 5.77. The Labute approximate surface area is 195 Å². The lowest BCUT2D eigenvalue weighted by Gasteiger charge is -2.20. The smallest absolute Gasteiger partial charge is 0.204 e. The maximum atomic E-state index is 10.3. The Hall–Kier alpha value is -2.71. The van der Waals surface area contributed by atoms with Crippen LogP contribution in [-0.4, -0.2) is 31.5 Å². The average Bonchev–Trinajstić information content (AvgIpc) is 2.75. The van der Waals surface area contributed by atoms with Gasteiger partial charge in [-0.25, -0.2) is 13.0 Å². The van der Waals surface area contributed by atoms with Gasteiger partial charge in [-0.1, -0.05) is 23.7 Å². The Morgan fingerprint density at radius 2 is 1.53 bits per heavy atom. The van der Waals surface area contributed by atoms with Gasteiger partial charge in [0.1, 0.15) is 17.2 Å². The zero-order valence-corrected chi connectivity index (χ0v) is 20.0. The van der Waals surface area contributed by atoms with E-state index in [1.54, 1.807) is 0 Å². The Morgan fingerprint density at radius 3 is 2.03 bits per heavy atom. The fraction of sp³-hybridized carbons (Fsp3) is 0.208. The summed E-state index contributed by atoms with van der Waals surface area (Å²) in [5.41, 5.74) is 3.71. The predicted molar refractivity (Wildman–Crippen MR) is 130 cm³/mol. The molecule has 0 unspecified atom stereocenters. The second kappa shape index (κ2) is 13.0. The molecule has 0 radical (unpaired) electrons. The third-order valence-electron chi connectivity index (χ3n) is 4.67. The summed E-state index contributed by atoms with van der Waals surface area (Å²) >= 11 is 5.46. The van der Waals surface area contributed by atoms with Crippen LogP contribution in [0.5, 0.6) is 0 Å². The molecule has 3 aromatic rings. The van der Waals surface area contributed by atoms with Crippen molar-refractivity contribution < 1.29 is 23.0 Å². The van der Waals surface area contributed by atoms with Crippen molar-refractivity contribution in [1.29, 1.82) is 0 Å². The molecular formula is C24H29ClN2O4S. The van der Waals surface area contributed by atoms with Crippen LogP contribution < -0.4 is 9.47 Å². The number of hydrogen-bond donors (Lipinski definition) is 0. The van der Waals surface area contributed by atoms with Gasteiger partial charge in [0, 0.05) is 42.0 Å². The second-order valence-electron chi connectivity index (χ2n) is 6.74. The molecule has 0 spiro atoms. The Morgan fingerprint density at radius 1 is 0.938 bits per heavy atom. The van der Waals surface area contributed by atoms with Crippen LogP contribution in [0.15, 0.2) is 77.8 Å². The fourth-order valence-corrected chi connectivity index (χ4v) is 3.47. The monoisotopic (exact) mass is 476 g/mol. The Bertz CT molecular complexity index is 1100. The number of aryl methyl sites for hydroxylation is 1. The molecule has 8 heteroatoms. The molecule has 3 rings (SSSR count). The van der Waals surface area contributed by atoms with E-state index in [1.807, 2.05) is 6.07 Å². The molecular weight excluding hydrogens is 448 g/mol. The molecule has 172 valence electrons. The summed E-state index contributed by atoms with van der Waals surface area (Å²) in [6.45, 7) is 6.47. The molecule has 6 nitrogen and oxygen atoms in total. The zero-order chi connectivity index (χ0) is 22.9. The lowest BCUT2D eigenvalue weighted by atomic mass is 10.1.